The van der Waals surface area contributed by atoms with Crippen molar-refractivity contribution in [3.63, 3.8) is 0 Å². The second-order valence-corrected chi connectivity index (χ2v) is 4.19. The Morgan fingerprint density at radius 3 is 2.76 bits per heavy atom. The molecular weight excluding hydrogens is 271 g/mol. The van der Waals surface area contributed by atoms with Gasteiger partial charge in [-0.2, -0.15) is 0 Å². The van der Waals surface area contributed by atoms with Gasteiger partial charge in [0.05, 0.1) is 6.61 Å². The molecule has 0 unspecified atom stereocenters. The number of carbonyl (C=O) groups is 1. The molecule has 3 nitrogen and oxygen atoms in total. The average molecular weight is 286 g/mol. The summed E-state index contributed by atoms with van der Waals surface area (Å²) in [5.74, 6) is -0.182. The molecule has 0 fully saturated rings. The third-order valence-electron chi connectivity index (χ3n) is 2.62. The zero-order chi connectivity index (χ0) is 15.1. The Bertz CT molecular complexity index is 650. The first kappa shape index (κ1) is 14.8. The van der Waals surface area contributed by atoms with Gasteiger partial charge in [-0.05, 0) is 42.8 Å². The van der Waals surface area contributed by atoms with Gasteiger partial charge in [-0.3, -0.25) is 0 Å². The van der Waals surface area contributed by atoms with Crippen LogP contribution in [0.3, 0.4) is 0 Å². The molecule has 2 aromatic rings. The summed E-state index contributed by atoms with van der Waals surface area (Å²) in [6, 6.07) is 13.2. The predicted molar refractivity (Wildman–Crippen MR) is 78.6 cm³/mol. The lowest BCUT2D eigenvalue weighted by atomic mass is 10.2. The van der Waals surface area contributed by atoms with Gasteiger partial charge < -0.3 is 9.47 Å². The number of esters is 1. The summed E-state index contributed by atoms with van der Waals surface area (Å²) in [5, 5.41) is 0. The van der Waals surface area contributed by atoms with Gasteiger partial charge in [0, 0.05) is 6.08 Å². The van der Waals surface area contributed by atoms with Crippen LogP contribution in [0.2, 0.25) is 0 Å². The summed E-state index contributed by atoms with van der Waals surface area (Å²) in [6.07, 6.45) is 2.96. The Morgan fingerprint density at radius 1 is 1.19 bits per heavy atom. The van der Waals surface area contributed by atoms with Crippen molar-refractivity contribution in [1.82, 2.24) is 0 Å². The number of ether oxygens (including phenoxy) is 2. The van der Waals surface area contributed by atoms with Crippen molar-refractivity contribution in [3.8, 4) is 11.5 Å². The Hall–Kier alpha value is -2.62. The number of para-hydroxylation sites is 1. The molecule has 2 rings (SSSR count). The van der Waals surface area contributed by atoms with E-state index in [-0.39, 0.29) is 5.75 Å². The van der Waals surface area contributed by atoms with E-state index in [9.17, 15) is 9.18 Å². The molecule has 4 heteroatoms. The molecule has 108 valence electrons. The van der Waals surface area contributed by atoms with Gasteiger partial charge in [0.25, 0.3) is 0 Å². The normalized spacial score (nSPS) is 10.6. The Kier molecular flexibility index (Phi) is 5.10. The smallest absolute Gasteiger partial charge is 0.330 e. The first-order chi connectivity index (χ1) is 10.2. The van der Waals surface area contributed by atoms with Gasteiger partial charge in [-0.25, -0.2) is 9.18 Å². The topological polar surface area (TPSA) is 35.5 Å². The quantitative estimate of drug-likeness (QED) is 0.610. The third-order valence-corrected chi connectivity index (χ3v) is 2.62. The van der Waals surface area contributed by atoms with Crippen LogP contribution in [0, 0.1) is 5.82 Å². The molecule has 0 atom stereocenters. The molecule has 0 aliphatic rings. The number of hydrogen-bond donors (Lipinski definition) is 0. The molecule has 0 bridgehead atoms. The summed E-state index contributed by atoms with van der Waals surface area (Å²) in [6.45, 7) is 2.08. The molecule has 0 N–H and O–H groups in total. The fourth-order valence-electron chi connectivity index (χ4n) is 1.69. The van der Waals surface area contributed by atoms with Crippen molar-refractivity contribution in [2.45, 2.75) is 6.92 Å². The number of halogens is 1. The monoisotopic (exact) mass is 286 g/mol. The van der Waals surface area contributed by atoms with Crippen LogP contribution in [0.5, 0.6) is 11.5 Å². The second-order valence-electron chi connectivity index (χ2n) is 4.19. The fourth-order valence-corrected chi connectivity index (χ4v) is 1.69. The minimum absolute atomic E-state index is 0.157. The van der Waals surface area contributed by atoms with E-state index in [0.29, 0.717) is 12.4 Å². The average Bonchev–Trinajstić information content (AvgIpc) is 2.48. The van der Waals surface area contributed by atoms with E-state index in [1.165, 1.54) is 12.1 Å². The molecule has 0 radical (unpaired) electrons. The first-order valence-corrected chi connectivity index (χ1v) is 6.56. The molecule has 0 amide bonds. The van der Waals surface area contributed by atoms with Crippen LogP contribution >= 0.6 is 0 Å². The molecule has 0 saturated heterocycles. The summed E-state index contributed by atoms with van der Waals surface area (Å²) >= 11 is 0. The van der Waals surface area contributed by atoms with Crippen molar-refractivity contribution >= 4 is 12.0 Å². The maximum atomic E-state index is 13.5. The van der Waals surface area contributed by atoms with Gasteiger partial charge in [-0.15, -0.1) is 0 Å². The molecule has 2 aromatic carbocycles. The number of hydrogen-bond acceptors (Lipinski definition) is 3. The summed E-state index contributed by atoms with van der Waals surface area (Å²) in [4.78, 5) is 11.2. The zero-order valence-electron chi connectivity index (χ0n) is 11.6. The predicted octanol–water partition coefficient (Wildman–Crippen LogP) is 4.19. The Balaban J connectivity index is 2.11. The van der Waals surface area contributed by atoms with Crippen molar-refractivity contribution in [2.24, 2.45) is 0 Å². The van der Waals surface area contributed by atoms with E-state index < -0.39 is 11.8 Å². The Labute approximate surface area is 122 Å². The van der Waals surface area contributed by atoms with E-state index >= 15 is 0 Å². The van der Waals surface area contributed by atoms with E-state index in [4.69, 9.17) is 9.47 Å². The van der Waals surface area contributed by atoms with Crippen LogP contribution < -0.4 is 4.74 Å². The van der Waals surface area contributed by atoms with Crippen LogP contribution in [-0.4, -0.2) is 12.6 Å². The summed E-state index contributed by atoms with van der Waals surface area (Å²) in [7, 11) is 0. The maximum absolute atomic E-state index is 13.5. The van der Waals surface area contributed by atoms with Crippen molar-refractivity contribution < 1.29 is 18.7 Å². The molecule has 0 aromatic heterocycles. The fraction of sp³-hybridized carbons (Fsp3) is 0.118. The zero-order valence-corrected chi connectivity index (χ0v) is 11.6. The van der Waals surface area contributed by atoms with Crippen LogP contribution in [-0.2, 0) is 9.53 Å². The molecule has 0 aliphatic heterocycles. The van der Waals surface area contributed by atoms with E-state index in [1.54, 1.807) is 49.4 Å². The number of benzene rings is 2. The van der Waals surface area contributed by atoms with Gasteiger partial charge in [0.2, 0.25) is 0 Å². The first-order valence-electron chi connectivity index (χ1n) is 6.56. The lowest BCUT2D eigenvalue weighted by Crippen LogP contribution is -1.98. The number of carbonyl (C=O) groups excluding carboxylic acids is 1. The van der Waals surface area contributed by atoms with Crippen molar-refractivity contribution in [2.75, 3.05) is 6.61 Å². The van der Waals surface area contributed by atoms with Crippen molar-refractivity contribution in [1.29, 1.82) is 0 Å². The standard InChI is InChI=1S/C17H15FO3/c1-2-20-17(19)11-10-13-6-5-7-14(12-13)21-16-9-4-3-8-15(16)18/h3-12H,2H2,1H3. The molecular formula is C17H15FO3. The lowest BCUT2D eigenvalue weighted by molar-refractivity contribution is -0.137. The van der Waals surface area contributed by atoms with Crippen LogP contribution in [0.15, 0.2) is 54.6 Å². The molecule has 0 saturated carbocycles. The van der Waals surface area contributed by atoms with Gasteiger partial charge in [0.1, 0.15) is 5.75 Å². The molecule has 21 heavy (non-hydrogen) atoms. The second kappa shape index (κ2) is 7.24. The van der Waals surface area contributed by atoms with Crippen LogP contribution in [0.25, 0.3) is 6.08 Å². The van der Waals surface area contributed by atoms with Gasteiger partial charge >= 0.3 is 5.97 Å². The van der Waals surface area contributed by atoms with E-state index in [2.05, 4.69) is 0 Å². The largest absolute Gasteiger partial charge is 0.463 e. The highest BCUT2D eigenvalue weighted by molar-refractivity contribution is 5.87. The van der Waals surface area contributed by atoms with Crippen LogP contribution in [0.1, 0.15) is 12.5 Å². The minimum Gasteiger partial charge on any atom is -0.463 e. The van der Waals surface area contributed by atoms with Gasteiger partial charge in [0.15, 0.2) is 11.6 Å². The summed E-state index contributed by atoms with van der Waals surface area (Å²) < 4.78 is 23.8. The van der Waals surface area contributed by atoms with Crippen molar-refractivity contribution in [3.05, 3.63) is 66.0 Å². The van der Waals surface area contributed by atoms with Crippen LogP contribution in [0.4, 0.5) is 4.39 Å². The van der Waals surface area contributed by atoms with E-state index in [0.717, 1.165) is 5.56 Å². The molecule has 0 heterocycles. The third kappa shape index (κ3) is 4.45. The molecule has 0 spiro atoms. The summed E-state index contributed by atoms with van der Waals surface area (Å²) in [5.41, 5.74) is 0.761. The highest BCUT2D eigenvalue weighted by atomic mass is 19.1. The highest BCUT2D eigenvalue weighted by Crippen LogP contribution is 2.24. The SMILES string of the molecule is CCOC(=O)C=Cc1cccc(Oc2ccccc2F)c1. The molecule has 0 aliphatic carbocycles. The maximum Gasteiger partial charge on any atom is 0.330 e. The van der Waals surface area contributed by atoms with E-state index in [1.807, 2.05) is 6.07 Å². The Morgan fingerprint density at radius 2 is 2.00 bits per heavy atom. The van der Waals surface area contributed by atoms with Gasteiger partial charge in [-0.1, -0.05) is 24.3 Å². The lowest BCUT2D eigenvalue weighted by Gasteiger charge is -2.07. The highest BCUT2D eigenvalue weighted by Gasteiger charge is 2.03. The minimum atomic E-state index is -0.426. The number of rotatable bonds is 5.